The molecule has 0 radical (unpaired) electrons. The van der Waals surface area contributed by atoms with Gasteiger partial charge in [-0.2, -0.15) is 13.2 Å². The Kier molecular flexibility index (Phi) is 5.37. The fourth-order valence-corrected chi connectivity index (χ4v) is 3.78. The molecule has 3 heterocycles. The molecule has 2 aromatic heterocycles. The Morgan fingerprint density at radius 1 is 1.23 bits per heavy atom. The molecule has 0 saturated carbocycles. The third kappa shape index (κ3) is 3.84. The van der Waals surface area contributed by atoms with Gasteiger partial charge in [-0.3, -0.25) is 14.0 Å². The number of rotatable bonds is 3. The number of aromatic nitrogens is 2. The highest BCUT2D eigenvalue weighted by atomic mass is 79.9. The van der Waals surface area contributed by atoms with Crippen molar-refractivity contribution in [1.82, 2.24) is 14.7 Å². The summed E-state index contributed by atoms with van der Waals surface area (Å²) in [5, 5.41) is 2.87. The minimum atomic E-state index is -4.79. The van der Waals surface area contributed by atoms with Gasteiger partial charge in [-0.1, -0.05) is 12.1 Å². The van der Waals surface area contributed by atoms with Crippen LogP contribution in [0.5, 0.6) is 0 Å². The van der Waals surface area contributed by atoms with Crippen molar-refractivity contribution >= 4 is 27.5 Å². The summed E-state index contributed by atoms with van der Waals surface area (Å²) in [5.74, 6) is -0.257. The lowest BCUT2D eigenvalue weighted by Gasteiger charge is -2.13. The molecule has 3 aromatic rings. The van der Waals surface area contributed by atoms with Crippen LogP contribution in [-0.4, -0.2) is 34.5 Å². The summed E-state index contributed by atoms with van der Waals surface area (Å²) in [6, 6.07) is 9.45. The lowest BCUT2D eigenvalue weighted by Crippen LogP contribution is -2.34. The number of alkyl halides is 3. The van der Waals surface area contributed by atoms with Crippen molar-refractivity contribution in [2.75, 3.05) is 13.2 Å². The van der Waals surface area contributed by atoms with Crippen LogP contribution >= 0.6 is 15.9 Å². The summed E-state index contributed by atoms with van der Waals surface area (Å²) in [6.45, 7) is 1.07. The Balaban J connectivity index is 1.73. The first kappa shape index (κ1) is 20.5. The zero-order valence-electron chi connectivity index (χ0n) is 15.4. The van der Waals surface area contributed by atoms with Crippen LogP contribution in [0.15, 0.2) is 51.9 Å². The lowest BCUT2D eigenvalue weighted by molar-refractivity contribution is -0.141. The van der Waals surface area contributed by atoms with Crippen LogP contribution in [0, 0.1) is 0 Å². The second-order valence-corrected chi connectivity index (χ2v) is 7.60. The smallest absolute Gasteiger partial charge is 0.379 e. The number of pyridine rings is 1. The number of hydrogen-bond acceptors (Lipinski definition) is 4. The maximum atomic E-state index is 13.3. The summed E-state index contributed by atoms with van der Waals surface area (Å²) in [5.41, 5.74) is -0.994. The standard InChI is InChI=1S/C20H15BrF3N3O3/c21-15-16(20(22,23)24)26-17-14(2-1-8-27(17)19(15)29)11-3-5-12(6-4-11)18(28)25-13-7-9-30-10-13/h1-6,8,13H,7,9-10H2,(H,25,28)/t13-/m1/s1. The Labute approximate surface area is 176 Å². The second-order valence-electron chi connectivity index (χ2n) is 6.80. The second kappa shape index (κ2) is 7.84. The van der Waals surface area contributed by atoms with Gasteiger partial charge >= 0.3 is 6.18 Å². The fraction of sp³-hybridized carbons (Fsp3) is 0.250. The molecule has 1 amide bonds. The summed E-state index contributed by atoms with van der Waals surface area (Å²) in [4.78, 5) is 28.5. The van der Waals surface area contributed by atoms with E-state index in [9.17, 15) is 22.8 Å². The van der Waals surface area contributed by atoms with Gasteiger partial charge < -0.3 is 10.1 Å². The van der Waals surface area contributed by atoms with E-state index in [1.54, 1.807) is 36.4 Å². The van der Waals surface area contributed by atoms with Gasteiger partial charge in [-0.25, -0.2) is 4.98 Å². The van der Waals surface area contributed by atoms with Crippen molar-refractivity contribution in [1.29, 1.82) is 0 Å². The van der Waals surface area contributed by atoms with E-state index >= 15 is 0 Å². The summed E-state index contributed by atoms with van der Waals surface area (Å²) >= 11 is 2.71. The van der Waals surface area contributed by atoms with Crippen LogP contribution < -0.4 is 10.9 Å². The molecule has 1 aliphatic rings. The first-order chi connectivity index (χ1) is 14.3. The van der Waals surface area contributed by atoms with Crippen molar-refractivity contribution in [3.63, 3.8) is 0 Å². The third-order valence-electron chi connectivity index (χ3n) is 4.79. The van der Waals surface area contributed by atoms with E-state index in [0.717, 1.165) is 10.8 Å². The van der Waals surface area contributed by atoms with Gasteiger partial charge in [0.25, 0.3) is 11.5 Å². The molecular weight excluding hydrogens is 467 g/mol. The Morgan fingerprint density at radius 3 is 2.60 bits per heavy atom. The molecule has 4 rings (SSSR count). The minimum absolute atomic E-state index is 0.0365. The average Bonchev–Trinajstić information content (AvgIpc) is 3.22. The van der Waals surface area contributed by atoms with Gasteiger partial charge in [0.2, 0.25) is 0 Å². The molecule has 30 heavy (non-hydrogen) atoms. The number of halogens is 4. The number of amides is 1. The molecule has 0 spiro atoms. The highest BCUT2D eigenvalue weighted by molar-refractivity contribution is 9.10. The van der Waals surface area contributed by atoms with E-state index in [2.05, 4.69) is 26.2 Å². The molecule has 1 saturated heterocycles. The monoisotopic (exact) mass is 481 g/mol. The fourth-order valence-electron chi connectivity index (χ4n) is 3.27. The zero-order valence-corrected chi connectivity index (χ0v) is 17.0. The lowest BCUT2D eigenvalue weighted by atomic mass is 10.0. The quantitative estimate of drug-likeness (QED) is 0.619. The molecule has 156 valence electrons. The number of carbonyl (C=O) groups excluding carboxylic acids is 1. The van der Waals surface area contributed by atoms with Crippen LogP contribution in [-0.2, 0) is 10.9 Å². The molecule has 10 heteroatoms. The number of carbonyl (C=O) groups is 1. The molecule has 6 nitrogen and oxygen atoms in total. The minimum Gasteiger partial charge on any atom is -0.379 e. The Morgan fingerprint density at radius 2 is 1.97 bits per heavy atom. The van der Waals surface area contributed by atoms with Crippen molar-refractivity contribution in [2.24, 2.45) is 0 Å². The molecule has 1 N–H and O–H groups in total. The number of ether oxygens (including phenoxy) is 1. The number of fused-ring (bicyclic) bond motifs is 1. The van der Waals surface area contributed by atoms with E-state index in [0.29, 0.717) is 29.9 Å². The maximum Gasteiger partial charge on any atom is 0.434 e. The van der Waals surface area contributed by atoms with Crippen LogP contribution in [0.25, 0.3) is 16.8 Å². The first-order valence-corrected chi connectivity index (χ1v) is 9.82. The number of nitrogens with one attached hydrogen (secondary N) is 1. The molecule has 0 bridgehead atoms. The topological polar surface area (TPSA) is 72.7 Å². The number of benzene rings is 1. The highest BCUT2D eigenvalue weighted by Gasteiger charge is 2.37. The van der Waals surface area contributed by atoms with Crippen LogP contribution in [0.1, 0.15) is 22.5 Å². The van der Waals surface area contributed by atoms with Crippen LogP contribution in [0.3, 0.4) is 0 Å². The molecular formula is C20H15BrF3N3O3. The van der Waals surface area contributed by atoms with E-state index in [4.69, 9.17) is 4.74 Å². The van der Waals surface area contributed by atoms with Gasteiger partial charge in [-0.05, 0) is 52.2 Å². The van der Waals surface area contributed by atoms with Crippen LogP contribution in [0.2, 0.25) is 0 Å². The molecule has 1 aliphatic heterocycles. The van der Waals surface area contributed by atoms with E-state index in [1.807, 2.05) is 0 Å². The zero-order chi connectivity index (χ0) is 21.5. The van der Waals surface area contributed by atoms with Gasteiger partial charge in [-0.15, -0.1) is 0 Å². The van der Waals surface area contributed by atoms with E-state index in [-0.39, 0.29) is 17.6 Å². The molecule has 1 fully saturated rings. The number of hydrogen-bond donors (Lipinski definition) is 1. The molecule has 1 aromatic carbocycles. The highest BCUT2D eigenvalue weighted by Crippen LogP contribution is 2.33. The summed E-state index contributed by atoms with van der Waals surface area (Å²) in [7, 11) is 0. The Hall–Kier alpha value is -2.72. The Bertz CT molecular complexity index is 1170. The van der Waals surface area contributed by atoms with E-state index < -0.39 is 21.9 Å². The van der Waals surface area contributed by atoms with Gasteiger partial charge in [0.1, 0.15) is 10.1 Å². The predicted octanol–water partition coefficient (Wildman–Crippen LogP) is 3.66. The molecule has 1 atom stereocenters. The average molecular weight is 482 g/mol. The van der Waals surface area contributed by atoms with Crippen molar-refractivity contribution in [3.8, 4) is 11.1 Å². The maximum absolute atomic E-state index is 13.3. The first-order valence-electron chi connectivity index (χ1n) is 9.03. The van der Waals surface area contributed by atoms with E-state index in [1.165, 1.54) is 6.20 Å². The van der Waals surface area contributed by atoms with Gasteiger partial charge in [0.05, 0.1) is 12.6 Å². The van der Waals surface area contributed by atoms with Crippen molar-refractivity contribution in [3.05, 3.63) is 68.7 Å². The predicted molar refractivity (Wildman–Crippen MR) is 106 cm³/mol. The largest absolute Gasteiger partial charge is 0.434 e. The summed E-state index contributed by atoms with van der Waals surface area (Å²) in [6.07, 6.45) is -2.69. The third-order valence-corrected chi connectivity index (χ3v) is 5.51. The number of nitrogens with zero attached hydrogens (tertiary/aromatic N) is 2. The molecule has 0 unspecified atom stereocenters. The van der Waals surface area contributed by atoms with Gasteiger partial charge in [0.15, 0.2) is 5.69 Å². The summed E-state index contributed by atoms with van der Waals surface area (Å²) < 4.78 is 45.6. The normalized spacial score (nSPS) is 16.7. The van der Waals surface area contributed by atoms with Crippen LogP contribution in [0.4, 0.5) is 13.2 Å². The van der Waals surface area contributed by atoms with Gasteiger partial charge in [0, 0.05) is 23.9 Å². The van der Waals surface area contributed by atoms with Crippen molar-refractivity contribution < 1.29 is 22.7 Å². The molecule has 0 aliphatic carbocycles. The SMILES string of the molecule is O=C(N[C@@H]1CCOC1)c1ccc(-c2cccn3c(=O)c(Br)c(C(F)(F)F)nc23)cc1. The van der Waals surface area contributed by atoms with Crippen molar-refractivity contribution in [2.45, 2.75) is 18.6 Å².